The Morgan fingerprint density at radius 1 is 0.778 bits per heavy atom. The van der Waals surface area contributed by atoms with Gasteiger partial charge in [0.15, 0.2) is 11.6 Å². The number of carbonyl (C=O) groups is 4. The third-order valence-corrected chi connectivity index (χ3v) is 3.70. The molecule has 0 aliphatic heterocycles. The third kappa shape index (κ3) is 7.23. The maximum absolute atomic E-state index is 11.1. The van der Waals surface area contributed by atoms with Crippen LogP contribution in [0.5, 0.6) is 0 Å². The Morgan fingerprint density at radius 2 is 1.30 bits per heavy atom. The molecule has 0 saturated carbocycles. The zero-order valence-corrected chi connectivity index (χ0v) is 16.2. The molecule has 0 unspecified atom stereocenters. The second kappa shape index (κ2) is 10.0. The first kappa shape index (κ1) is 21.8. The van der Waals surface area contributed by atoms with Gasteiger partial charge in [0.25, 0.3) is 0 Å². The Kier molecular flexibility index (Phi) is 8.07. The fraction of sp³-hybridized carbons (Fsp3) is 0.238. The molecule has 2 amide bonds. The molecule has 0 aliphatic rings. The summed E-state index contributed by atoms with van der Waals surface area (Å²) in [5.41, 5.74) is 2.62. The zero-order chi connectivity index (χ0) is 20.6. The van der Waals surface area contributed by atoms with E-state index >= 15 is 0 Å². The van der Waals surface area contributed by atoms with Crippen molar-refractivity contribution >= 4 is 34.8 Å². The summed E-state index contributed by atoms with van der Waals surface area (Å²) in [7, 11) is 1.68. The van der Waals surface area contributed by atoms with Crippen LogP contribution in [0.2, 0.25) is 0 Å². The number of amides is 2. The van der Waals surface area contributed by atoms with Crippen molar-refractivity contribution < 1.29 is 19.2 Å². The number of hydrogen-bond donors (Lipinski definition) is 1. The Hall–Kier alpha value is -3.28. The Labute approximate surface area is 159 Å². The predicted octanol–water partition coefficient (Wildman–Crippen LogP) is 3.72. The molecule has 27 heavy (non-hydrogen) atoms. The summed E-state index contributed by atoms with van der Waals surface area (Å²) in [6, 6.07) is 13.9. The van der Waals surface area contributed by atoms with E-state index in [1.54, 1.807) is 55.6 Å². The van der Waals surface area contributed by atoms with Crippen molar-refractivity contribution in [3.63, 3.8) is 0 Å². The lowest BCUT2D eigenvalue weighted by Gasteiger charge is -2.15. The number of rotatable bonds is 4. The van der Waals surface area contributed by atoms with Crippen LogP contribution in [0.3, 0.4) is 0 Å². The highest BCUT2D eigenvalue weighted by Crippen LogP contribution is 2.15. The molecule has 0 spiro atoms. The second-order valence-electron chi connectivity index (χ2n) is 6.00. The summed E-state index contributed by atoms with van der Waals surface area (Å²) < 4.78 is 0. The van der Waals surface area contributed by atoms with E-state index in [1.807, 2.05) is 0 Å². The molecule has 6 nitrogen and oxygen atoms in total. The lowest BCUT2D eigenvalue weighted by Crippen LogP contribution is -2.22. The minimum atomic E-state index is -0.138. The average molecular weight is 368 g/mol. The Bertz CT molecular complexity index is 859. The van der Waals surface area contributed by atoms with Crippen molar-refractivity contribution in [1.82, 2.24) is 0 Å². The van der Waals surface area contributed by atoms with Gasteiger partial charge in [-0.25, -0.2) is 0 Å². The number of nitrogens with one attached hydrogen (secondary N) is 1. The molecule has 1 N–H and O–H groups in total. The SMILES string of the molecule is CC(=O)Nc1cccc(C(C)=O)c1.CC(=O)c1cccc(N(C)C(C)=O)c1. The smallest absolute Gasteiger partial charge is 0.223 e. The van der Waals surface area contributed by atoms with Crippen LogP contribution in [-0.4, -0.2) is 30.4 Å². The van der Waals surface area contributed by atoms with Crippen molar-refractivity contribution in [3.8, 4) is 0 Å². The number of nitrogens with zero attached hydrogens (tertiary/aromatic N) is 1. The van der Waals surface area contributed by atoms with Crippen LogP contribution in [0.1, 0.15) is 48.4 Å². The Morgan fingerprint density at radius 3 is 1.78 bits per heavy atom. The van der Waals surface area contributed by atoms with Crippen LogP contribution < -0.4 is 10.2 Å². The number of hydrogen-bond acceptors (Lipinski definition) is 4. The van der Waals surface area contributed by atoms with E-state index in [0.717, 1.165) is 5.69 Å². The van der Waals surface area contributed by atoms with Gasteiger partial charge in [0, 0.05) is 43.4 Å². The molecule has 0 saturated heterocycles. The lowest BCUT2D eigenvalue weighted by atomic mass is 10.1. The van der Waals surface area contributed by atoms with Gasteiger partial charge in [-0.3, -0.25) is 19.2 Å². The summed E-state index contributed by atoms with van der Waals surface area (Å²) in [6.07, 6.45) is 0. The second-order valence-corrected chi connectivity index (χ2v) is 6.00. The van der Waals surface area contributed by atoms with Crippen LogP contribution in [0.15, 0.2) is 48.5 Å². The van der Waals surface area contributed by atoms with Crippen molar-refractivity contribution in [2.45, 2.75) is 27.7 Å². The first-order chi connectivity index (χ1) is 12.6. The topological polar surface area (TPSA) is 83.6 Å². The first-order valence-corrected chi connectivity index (χ1v) is 8.35. The van der Waals surface area contributed by atoms with Crippen LogP contribution in [-0.2, 0) is 9.59 Å². The summed E-state index contributed by atoms with van der Waals surface area (Å²) in [5.74, 6) is -0.192. The van der Waals surface area contributed by atoms with Gasteiger partial charge in [0.2, 0.25) is 11.8 Å². The highest BCUT2D eigenvalue weighted by Gasteiger charge is 2.07. The van der Waals surface area contributed by atoms with E-state index < -0.39 is 0 Å². The molecule has 0 atom stereocenters. The molecule has 2 aromatic carbocycles. The molecule has 0 heterocycles. The summed E-state index contributed by atoms with van der Waals surface area (Å²) in [5, 5.41) is 2.61. The van der Waals surface area contributed by atoms with Crippen LogP contribution in [0.4, 0.5) is 11.4 Å². The monoisotopic (exact) mass is 368 g/mol. The fourth-order valence-corrected chi connectivity index (χ4v) is 2.13. The molecule has 6 heteroatoms. The average Bonchev–Trinajstić information content (AvgIpc) is 2.61. The van der Waals surface area contributed by atoms with Crippen LogP contribution in [0.25, 0.3) is 0 Å². The normalized spacial score (nSPS) is 9.52. The van der Waals surface area contributed by atoms with Crippen molar-refractivity contribution in [2.24, 2.45) is 0 Å². The van der Waals surface area contributed by atoms with Gasteiger partial charge >= 0.3 is 0 Å². The van der Waals surface area contributed by atoms with Gasteiger partial charge < -0.3 is 10.2 Å². The quantitative estimate of drug-likeness (QED) is 0.834. The number of carbonyl (C=O) groups excluding carboxylic acids is 4. The molecule has 2 aromatic rings. The van der Waals surface area contributed by atoms with Gasteiger partial charge in [-0.2, -0.15) is 0 Å². The number of benzene rings is 2. The van der Waals surface area contributed by atoms with E-state index in [2.05, 4.69) is 5.32 Å². The molecule has 0 aliphatic carbocycles. The molecule has 0 aromatic heterocycles. The maximum Gasteiger partial charge on any atom is 0.223 e. The predicted molar refractivity (Wildman–Crippen MR) is 106 cm³/mol. The van der Waals surface area contributed by atoms with E-state index in [1.165, 1.54) is 32.6 Å². The number of ketones is 2. The van der Waals surface area contributed by atoms with Gasteiger partial charge in [0.1, 0.15) is 0 Å². The highest BCUT2D eigenvalue weighted by molar-refractivity contribution is 5.97. The summed E-state index contributed by atoms with van der Waals surface area (Å²) in [6.45, 7) is 5.92. The van der Waals surface area contributed by atoms with Gasteiger partial charge in [-0.15, -0.1) is 0 Å². The molecule has 0 bridgehead atoms. The van der Waals surface area contributed by atoms with Crippen LogP contribution >= 0.6 is 0 Å². The minimum absolute atomic E-state index is 0.00352. The maximum atomic E-state index is 11.1. The van der Waals surface area contributed by atoms with Crippen LogP contribution in [0, 0.1) is 0 Å². The Balaban J connectivity index is 0.000000271. The molecule has 0 fully saturated rings. The summed E-state index contributed by atoms with van der Waals surface area (Å²) in [4.78, 5) is 45.3. The lowest BCUT2D eigenvalue weighted by molar-refractivity contribution is -0.116. The summed E-state index contributed by atoms with van der Waals surface area (Å²) >= 11 is 0. The molecule has 2 rings (SSSR count). The van der Waals surface area contributed by atoms with Crippen molar-refractivity contribution in [2.75, 3.05) is 17.3 Å². The van der Waals surface area contributed by atoms with E-state index in [4.69, 9.17) is 0 Å². The molecular weight excluding hydrogens is 344 g/mol. The zero-order valence-electron chi connectivity index (χ0n) is 16.2. The molecular formula is C21H24N2O4. The van der Waals surface area contributed by atoms with E-state index in [-0.39, 0.29) is 23.4 Å². The van der Waals surface area contributed by atoms with Gasteiger partial charge in [0.05, 0.1) is 0 Å². The number of anilines is 2. The molecule has 142 valence electrons. The van der Waals surface area contributed by atoms with E-state index in [9.17, 15) is 19.2 Å². The molecule has 0 radical (unpaired) electrons. The van der Waals surface area contributed by atoms with Crippen molar-refractivity contribution in [1.29, 1.82) is 0 Å². The van der Waals surface area contributed by atoms with Gasteiger partial charge in [-0.1, -0.05) is 24.3 Å². The first-order valence-electron chi connectivity index (χ1n) is 8.35. The largest absolute Gasteiger partial charge is 0.326 e. The fourth-order valence-electron chi connectivity index (χ4n) is 2.13. The van der Waals surface area contributed by atoms with Gasteiger partial charge in [-0.05, 0) is 38.1 Å². The van der Waals surface area contributed by atoms with Crippen molar-refractivity contribution in [3.05, 3.63) is 59.7 Å². The minimum Gasteiger partial charge on any atom is -0.326 e. The third-order valence-electron chi connectivity index (χ3n) is 3.70. The van der Waals surface area contributed by atoms with E-state index in [0.29, 0.717) is 16.8 Å². The highest BCUT2D eigenvalue weighted by atomic mass is 16.2. The standard InChI is InChI=1S/C11H13NO2.C10H11NO2/c1-8(13)10-5-4-6-11(7-10)12(3)9(2)14;1-7(12)9-4-3-5-10(6-9)11-8(2)13/h4-7H,1-3H3;3-6H,1-2H3,(H,11,13). The number of Topliss-reactive ketones (excluding diaryl/α,β-unsaturated/α-hetero) is 2.